The molecular weight excluding hydrogens is 336 g/mol. The third kappa shape index (κ3) is 4.45. The molecule has 1 aliphatic heterocycles. The van der Waals surface area contributed by atoms with Gasteiger partial charge in [0.15, 0.2) is 11.4 Å². The van der Waals surface area contributed by atoms with Crippen LogP contribution in [0, 0.1) is 10.1 Å². The van der Waals surface area contributed by atoms with Gasteiger partial charge in [-0.05, 0) is 19.1 Å². The van der Waals surface area contributed by atoms with Crippen LogP contribution in [0.25, 0.3) is 0 Å². The average molecular weight is 353 g/mol. The summed E-state index contributed by atoms with van der Waals surface area (Å²) in [5.74, 6) is -0.195. The standard InChI is InChI=1S/C15H17ClN4O4/c1-2-24-13(21)8-9-19(11-6-4-3-5-7-11)14-12(20(22)23)10-17-15(16)18-14/h3-7,10,15,18H,2,8-9H2,1H3. The molecular formula is C15H17ClN4O4. The highest BCUT2D eigenvalue weighted by Crippen LogP contribution is 2.23. The number of anilines is 1. The second-order valence-corrected chi connectivity index (χ2v) is 5.20. The smallest absolute Gasteiger partial charge is 0.327 e. The van der Waals surface area contributed by atoms with Crippen LogP contribution in [0.4, 0.5) is 5.69 Å². The van der Waals surface area contributed by atoms with Crippen molar-refractivity contribution in [3.05, 3.63) is 52.0 Å². The van der Waals surface area contributed by atoms with Gasteiger partial charge in [0.05, 0.1) is 18.0 Å². The third-order valence-electron chi connectivity index (χ3n) is 3.21. The Balaban J connectivity index is 2.35. The summed E-state index contributed by atoms with van der Waals surface area (Å²) >= 11 is 5.94. The van der Waals surface area contributed by atoms with Gasteiger partial charge in [0.25, 0.3) is 0 Å². The van der Waals surface area contributed by atoms with Crippen LogP contribution < -0.4 is 10.2 Å². The summed E-state index contributed by atoms with van der Waals surface area (Å²) in [5.41, 5.74) is -0.361. The van der Waals surface area contributed by atoms with Crippen LogP contribution >= 0.6 is 11.6 Å². The number of carbonyl (C=O) groups excluding carboxylic acids is 1. The van der Waals surface area contributed by atoms with E-state index < -0.39 is 10.5 Å². The number of rotatable bonds is 7. The molecule has 1 aromatic rings. The molecule has 0 fully saturated rings. The maximum Gasteiger partial charge on any atom is 0.327 e. The molecule has 0 amide bonds. The Labute approximate surface area is 143 Å². The number of allylic oxidation sites excluding steroid dienone is 1. The molecule has 0 aromatic heterocycles. The van der Waals surface area contributed by atoms with E-state index in [1.54, 1.807) is 36.1 Å². The number of aliphatic imine (C=N–C) groups is 1. The summed E-state index contributed by atoms with van der Waals surface area (Å²) in [6, 6.07) is 9.00. The van der Waals surface area contributed by atoms with Crippen LogP contribution in [0.1, 0.15) is 13.3 Å². The second kappa shape index (κ2) is 8.30. The van der Waals surface area contributed by atoms with Crippen molar-refractivity contribution in [3.63, 3.8) is 0 Å². The van der Waals surface area contributed by atoms with Gasteiger partial charge in [-0.2, -0.15) is 0 Å². The molecule has 0 spiro atoms. The molecule has 1 heterocycles. The van der Waals surface area contributed by atoms with E-state index in [-0.39, 0.29) is 37.1 Å². The SMILES string of the molecule is CCOC(=O)CCN(C1=C([N+](=O)[O-])C=NC(Cl)N1)c1ccccc1. The predicted molar refractivity (Wildman–Crippen MR) is 90.3 cm³/mol. The van der Waals surface area contributed by atoms with Crippen molar-refractivity contribution >= 4 is 29.5 Å². The number of hydrogen-bond donors (Lipinski definition) is 1. The molecule has 24 heavy (non-hydrogen) atoms. The summed E-state index contributed by atoms with van der Waals surface area (Å²) in [6.45, 7) is 2.19. The Kier molecular flexibility index (Phi) is 6.14. The molecule has 1 N–H and O–H groups in total. The van der Waals surface area contributed by atoms with Crippen molar-refractivity contribution in [3.8, 4) is 0 Å². The Hall–Kier alpha value is -2.61. The van der Waals surface area contributed by atoms with Gasteiger partial charge in [0.2, 0.25) is 0 Å². The number of hydrogen-bond acceptors (Lipinski definition) is 7. The maximum atomic E-state index is 11.7. The summed E-state index contributed by atoms with van der Waals surface area (Å²) in [7, 11) is 0. The normalized spacial score (nSPS) is 16.5. The summed E-state index contributed by atoms with van der Waals surface area (Å²) in [5, 5.41) is 14.1. The van der Waals surface area contributed by atoms with Crippen molar-refractivity contribution in [2.24, 2.45) is 4.99 Å². The highest BCUT2D eigenvalue weighted by atomic mass is 35.5. The minimum Gasteiger partial charge on any atom is -0.466 e. The van der Waals surface area contributed by atoms with E-state index in [1.807, 2.05) is 6.07 Å². The number of benzene rings is 1. The van der Waals surface area contributed by atoms with Gasteiger partial charge < -0.3 is 15.0 Å². The van der Waals surface area contributed by atoms with Crippen LogP contribution in [0.2, 0.25) is 0 Å². The van der Waals surface area contributed by atoms with Crippen molar-refractivity contribution < 1.29 is 14.5 Å². The molecule has 1 aromatic carbocycles. The lowest BCUT2D eigenvalue weighted by molar-refractivity contribution is -0.416. The highest BCUT2D eigenvalue weighted by Gasteiger charge is 2.29. The lowest BCUT2D eigenvalue weighted by atomic mass is 10.2. The number of para-hydroxylation sites is 1. The predicted octanol–water partition coefficient (Wildman–Crippen LogP) is 2.09. The lowest BCUT2D eigenvalue weighted by Gasteiger charge is -2.29. The molecule has 0 bridgehead atoms. The van der Waals surface area contributed by atoms with Crippen LogP contribution in [0.15, 0.2) is 46.8 Å². The molecule has 9 heteroatoms. The Morgan fingerprint density at radius 2 is 2.17 bits per heavy atom. The molecule has 1 unspecified atom stereocenters. The molecule has 1 aliphatic rings. The molecule has 0 saturated heterocycles. The van der Waals surface area contributed by atoms with E-state index in [1.165, 1.54) is 0 Å². The first-order chi connectivity index (χ1) is 11.5. The second-order valence-electron chi connectivity index (χ2n) is 4.79. The Bertz CT molecular complexity index is 663. The highest BCUT2D eigenvalue weighted by molar-refractivity contribution is 6.21. The molecule has 0 radical (unpaired) electrons. The molecule has 0 aliphatic carbocycles. The zero-order valence-corrected chi connectivity index (χ0v) is 13.8. The summed E-state index contributed by atoms with van der Waals surface area (Å²) in [4.78, 5) is 27.8. The van der Waals surface area contributed by atoms with Crippen molar-refractivity contribution in [2.45, 2.75) is 19.0 Å². The lowest BCUT2D eigenvalue weighted by Crippen LogP contribution is -2.41. The van der Waals surface area contributed by atoms with E-state index in [9.17, 15) is 14.9 Å². The van der Waals surface area contributed by atoms with Gasteiger partial charge in [-0.15, -0.1) is 0 Å². The number of nitrogens with zero attached hydrogens (tertiary/aromatic N) is 3. The van der Waals surface area contributed by atoms with Gasteiger partial charge in [-0.1, -0.05) is 29.8 Å². The molecule has 2 rings (SSSR count). The Morgan fingerprint density at radius 1 is 1.46 bits per heavy atom. The first-order valence-electron chi connectivity index (χ1n) is 7.33. The molecule has 1 atom stereocenters. The quantitative estimate of drug-likeness (QED) is 0.265. The topological polar surface area (TPSA) is 97.1 Å². The number of nitrogens with one attached hydrogen (secondary N) is 1. The van der Waals surface area contributed by atoms with Crippen LogP contribution in [-0.2, 0) is 9.53 Å². The van der Waals surface area contributed by atoms with Crippen LogP contribution in [0.5, 0.6) is 0 Å². The number of esters is 1. The average Bonchev–Trinajstić information content (AvgIpc) is 2.56. The first kappa shape index (κ1) is 17.7. The zero-order valence-electron chi connectivity index (χ0n) is 13.0. The van der Waals surface area contributed by atoms with Gasteiger partial charge in [0.1, 0.15) is 6.21 Å². The number of nitro groups is 1. The molecule has 0 saturated carbocycles. The van der Waals surface area contributed by atoms with Crippen molar-refractivity contribution in [1.82, 2.24) is 5.32 Å². The maximum absolute atomic E-state index is 11.7. The molecule has 8 nitrogen and oxygen atoms in total. The minimum atomic E-state index is -0.822. The molecule has 128 valence electrons. The minimum absolute atomic E-state index is 0.0724. The number of halogens is 1. The summed E-state index contributed by atoms with van der Waals surface area (Å²) in [6.07, 6.45) is 1.19. The fraction of sp³-hybridized carbons (Fsp3) is 0.333. The van der Waals surface area contributed by atoms with E-state index >= 15 is 0 Å². The number of carbonyl (C=O) groups is 1. The fourth-order valence-electron chi connectivity index (χ4n) is 2.19. The number of alkyl halides is 1. The van der Waals surface area contributed by atoms with Crippen LogP contribution in [0.3, 0.4) is 0 Å². The van der Waals surface area contributed by atoms with E-state index in [4.69, 9.17) is 16.3 Å². The summed E-state index contributed by atoms with van der Waals surface area (Å²) < 4.78 is 4.92. The van der Waals surface area contributed by atoms with Gasteiger partial charge >= 0.3 is 11.7 Å². The largest absolute Gasteiger partial charge is 0.466 e. The van der Waals surface area contributed by atoms with Gasteiger partial charge in [-0.3, -0.25) is 14.9 Å². The van der Waals surface area contributed by atoms with Gasteiger partial charge in [0, 0.05) is 12.2 Å². The van der Waals surface area contributed by atoms with Crippen molar-refractivity contribution in [2.75, 3.05) is 18.1 Å². The third-order valence-corrected chi connectivity index (χ3v) is 3.43. The zero-order chi connectivity index (χ0) is 17.5. The van der Waals surface area contributed by atoms with Crippen LogP contribution in [-0.4, -0.2) is 35.9 Å². The number of ether oxygens (including phenoxy) is 1. The van der Waals surface area contributed by atoms with Crippen molar-refractivity contribution in [1.29, 1.82) is 0 Å². The first-order valence-corrected chi connectivity index (χ1v) is 7.77. The monoisotopic (exact) mass is 352 g/mol. The fourth-order valence-corrected chi connectivity index (χ4v) is 2.34. The van der Waals surface area contributed by atoms with E-state index in [0.717, 1.165) is 6.21 Å². The van der Waals surface area contributed by atoms with Gasteiger partial charge in [-0.25, -0.2) is 4.99 Å². The van der Waals surface area contributed by atoms with E-state index in [2.05, 4.69) is 10.3 Å². The van der Waals surface area contributed by atoms with E-state index in [0.29, 0.717) is 5.69 Å². The Morgan fingerprint density at radius 3 is 2.79 bits per heavy atom.